The molecule has 0 saturated heterocycles. The van der Waals surface area contributed by atoms with Crippen LogP contribution in [0.5, 0.6) is 0 Å². The molecular formula is C15H22BrN. The molecule has 0 aliphatic heterocycles. The molecular weight excluding hydrogens is 274 g/mol. The molecule has 1 aromatic carbocycles. The number of rotatable bonds is 4. The van der Waals surface area contributed by atoms with E-state index in [2.05, 4.69) is 59.4 Å². The van der Waals surface area contributed by atoms with Crippen LogP contribution in [0.15, 0.2) is 28.7 Å². The lowest BCUT2D eigenvalue weighted by Crippen LogP contribution is -2.34. The maximum absolute atomic E-state index is 3.74. The van der Waals surface area contributed by atoms with Gasteiger partial charge in [-0.15, -0.1) is 0 Å². The Morgan fingerprint density at radius 3 is 2.29 bits per heavy atom. The van der Waals surface area contributed by atoms with Gasteiger partial charge in [0.1, 0.15) is 0 Å². The summed E-state index contributed by atoms with van der Waals surface area (Å²) in [6.45, 7) is 4.60. The van der Waals surface area contributed by atoms with Crippen molar-refractivity contribution in [1.29, 1.82) is 0 Å². The van der Waals surface area contributed by atoms with Gasteiger partial charge in [-0.05, 0) is 50.3 Å². The summed E-state index contributed by atoms with van der Waals surface area (Å²) in [5.74, 6) is 0.882. The van der Waals surface area contributed by atoms with Crippen molar-refractivity contribution in [1.82, 2.24) is 5.32 Å². The average Bonchev–Trinajstić information content (AvgIpc) is 2.83. The summed E-state index contributed by atoms with van der Waals surface area (Å²) in [4.78, 5) is 0. The average molecular weight is 296 g/mol. The van der Waals surface area contributed by atoms with E-state index in [1.807, 2.05) is 0 Å². The fraction of sp³-hybridized carbons (Fsp3) is 0.600. The van der Waals surface area contributed by atoms with Crippen LogP contribution in [-0.2, 0) is 0 Å². The molecule has 94 valence electrons. The van der Waals surface area contributed by atoms with Gasteiger partial charge in [0.05, 0.1) is 0 Å². The smallest absolute Gasteiger partial charge is 0.0294 e. The van der Waals surface area contributed by atoms with Crippen molar-refractivity contribution in [3.8, 4) is 0 Å². The third-order valence-corrected chi connectivity index (χ3v) is 4.52. The second-order valence-corrected chi connectivity index (χ2v) is 6.19. The second-order valence-electron chi connectivity index (χ2n) is 5.27. The van der Waals surface area contributed by atoms with Crippen LogP contribution in [0.4, 0.5) is 0 Å². The van der Waals surface area contributed by atoms with Crippen LogP contribution in [0.25, 0.3) is 0 Å². The van der Waals surface area contributed by atoms with Gasteiger partial charge in [-0.2, -0.15) is 0 Å². The summed E-state index contributed by atoms with van der Waals surface area (Å²) in [6.07, 6.45) is 5.65. The molecule has 1 saturated carbocycles. The highest BCUT2D eigenvalue weighted by Gasteiger charge is 2.22. The van der Waals surface area contributed by atoms with E-state index >= 15 is 0 Å². The topological polar surface area (TPSA) is 12.0 Å². The number of nitrogens with one attached hydrogen (secondary N) is 1. The molecule has 1 aromatic rings. The lowest BCUT2D eigenvalue weighted by molar-refractivity contribution is 0.352. The van der Waals surface area contributed by atoms with Gasteiger partial charge in [-0.1, -0.05) is 40.9 Å². The van der Waals surface area contributed by atoms with Gasteiger partial charge in [0, 0.05) is 16.6 Å². The Hall–Kier alpha value is -0.340. The van der Waals surface area contributed by atoms with E-state index in [1.165, 1.54) is 31.2 Å². The van der Waals surface area contributed by atoms with E-state index in [4.69, 9.17) is 0 Å². The fourth-order valence-corrected chi connectivity index (χ4v) is 3.10. The molecule has 1 N–H and O–H groups in total. The first-order valence-corrected chi connectivity index (χ1v) is 7.47. The molecule has 1 fully saturated rings. The highest BCUT2D eigenvalue weighted by atomic mass is 79.9. The van der Waals surface area contributed by atoms with Gasteiger partial charge in [0.2, 0.25) is 0 Å². The highest BCUT2D eigenvalue weighted by molar-refractivity contribution is 9.10. The molecule has 2 atom stereocenters. The highest BCUT2D eigenvalue weighted by Crippen LogP contribution is 2.28. The molecule has 2 rings (SSSR count). The first-order valence-electron chi connectivity index (χ1n) is 6.68. The van der Waals surface area contributed by atoms with Crippen molar-refractivity contribution in [3.63, 3.8) is 0 Å². The van der Waals surface area contributed by atoms with Gasteiger partial charge < -0.3 is 5.32 Å². The Labute approximate surface area is 113 Å². The maximum Gasteiger partial charge on any atom is 0.0294 e. The van der Waals surface area contributed by atoms with E-state index in [1.54, 1.807) is 0 Å². The van der Waals surface area contributed by atoms with Crippen molar-refractivity contribution in [2.45, 2.75) is 51.6 Å². The molecule has 0 bridgehead atoms. The standard InChI is InChI=1S/C15H22BrN/c1-11(13-5-3-4-6-13)17-12(2)14-7-9-15(16)10-8-14/h7-13,17H,3-6H2,1-2H3/t11-,12?/m0/s1. The predicted molar refractivity (Wildman–Crippen MR) is 77.1 cm³/mol. The van der Waals surface area contributed by atoms with Gasteiger partial charge in [-0.25, -0.2) is 0 Å². The number of hydrogen-bond acceptors (Lipinski definition) is 1. The summed E-state index contributed by atoms with van der Waals surface area (Å²) in [5.41, 5.74) is 1.37. The third kappa shape index (κ3) is 3.56. The van der Waals surface area contributed by atoms with Crippen molar-refractivity contribution >= 4 is 15.9 Å². The lowest BCUT2D eigenvalue weighted by atomic mass is 9.98. The lowest BCUT2D eigenvalue weighted by Gasteiger charge is -2.25. The van der Waals surface area contributed by atoms with Crippen molar-refractivity contribution < 1.29 is 0 Å². The van der Waals surface area contributed by atoms with Crippen molar-refractivity contribution in [2.75, 3.05) is 0 Å². The summed E-state index contributed by atoms with van der Waals surface area (Å²) >= 11 is 3.48. The Morgan fingerprint density at radius 1 is 1.12 bits per heavy atom. The van der Waals surface area contributed by atoms with E-state index < -0.39 is 0 Å². The van der Waals surface area contributed by atoms with Crippen LogP contribution >= 0.6 is 15.9 Å². The number of benzene rings is 1. The van der Waals surface area contributed by atoms with Gasteiger partial charge >= 0.3 is 0 Å². The normalized spacial score (nSPS) is 20.4. The summed E-state index contributed by atoms with van der Waals surface area (Å²) < 4.78 is 1.15. The molecule has 0 spiro atoms. The minimum Gasteiger partial charge on any atom is -0.307 e. The van der Waals surface area contributed by atoms with Crippen LogP contribution < -0.4 is 5.32 Å². The quantitative estimate of drug-likeness (QED) is 0.850. The summed E-state index contributed by atoms with van der Waals surface area (Å²) in [6, 6.07) is 9.71. The molecule has 1 aliphatic rings. The molecule has 0 aromatic heterocycles. The van der Waals surface area contributed by atoms with E-state index in [9.17, 15) is 0 Å². The van der Waals surface area contributed by atoms with Crippen LogP contribution in [0, 0.1) is 5.92 Å². The van der Waals surface area contributed by atoms with Crippen LogP contribution in [-0.4, -0.2) is 6.04 Å². The maximum atomic E-state index is 3.74. The Morgan fingerprint density at radius 2 is 1.71 bits per heavy atom. The zero-order valence-electron chi connectivity index (χ0n) is 10.7. The Balaban J connectivity index is 1.91. The van der Waals surface area contributed by atoms with Crippen LogP contribution in [0.3, 0.4) is 0 Å². The molecule has 0 heterocycles. The second kappa shape index (κ2) is 6.01. The Bertz CT molecular complexity index is 340. The molecule has 1 nitrogen and oxygen atoms in total. The zero-order chi connectivity index (χ0) is 12.3. The molecule has 0 amide bonds. The number of halogens is 1. The minimum absolute atomic E-state index is 0.443. The predicted octanol–water partition coefficient (Wildman–Crippen LogP) is 4.68. The first-order chi connectivity index (χ1) is 8.16. The van der Waals surface area contributed by atoms with Crippen molar-refractivity contribution in [2.24, 2.45) is 5.92 Å². The fourth-order valence-electron chi connectivity index (χ4n) is 2.84. The minimum atomic E-state index is 0.443. The largest absolute Gasteiger partial charge is 0.307 e. The van der Waals surface area contributed by atoms with Gasteiger partial charge in [0.25, 0.3) is 0 Å². The number of hydrogen-bond donors (Lipinski definition) is 1. The van der Waals surface area contributed by atoms with Crippen LogP contribution in [0.2, 0.25) is 0 Å². The molecule has 17 heavy (non-hydrogen) atoms. The molecule has 2 heteroatoms. The SMILES string of the molecule is CC(N[C@@H](C)C1CCCC1)c1ccc(Br)cc1. The van der Waals surface area contributed by atoms with E-state index in [0.717, 1.165) is 10.4 Å². The first kappa shape index (κ1) is 13.1. The Kier molecular flexibility index (Phi) is 4.63. The molecule has 0 radical (unpaired) electrons. The van der Waals surface area contributed by atoms with Crippen LogP contribution in [0.1, 0.15) is 51.1 Å². The monoisotopic (exact) mass is 295 g/mol. The van der Waals surface area contributed by atoms with E-state index in [-0.39, 0.29) is 0 Å². The summed E-state index contributed by atoms with van der Waals surface area (Å²) in [5, 5.41) is 3.74. The molecule has 1 unspecified atom stereocenters. The van der Waals surface area contributed by atoms with Gasteiger partial charge in [0.15, 0.2) is 0 Å². The third-order valence-electron chi connectivity index (χ3n) is 3.99. The zero-order valence-corrected chi connectivity index (χ0v) is 12.3. The van der Waals surface area contributed by atoms with E-state index in [0.29, 0.717) is 12.1 Å². The van der Waals surface area contributed by atoms with Gasteiger partial charge in [-0.3, -0.25) is 0 Å². The summed E-state index contributed by atoms with van der Waals surface area (Å²) in [7, 11) is 0. The van der Waals surface area contributed by atoms with Crippen molar-refractivity contribution in [3.05, 3.63) is 34.3 Å². The molecule has 1 aliphatic carbocycles.